The molecule has 0 bridgehead atoms. The van der Waals surface area contributed by atoms with E-state index in [9.17, 15) is 13.2 Å². The number of alkyl halides is 3. The van der Waals surface area contributed by atoms with Crippen molar-refractivity contribution in [3.63, 3.8) is 0 Å². The molecule has 0 fully saturated rings. The van der Waals surface area contributed by atoms with Crippen molar-refractivity contribution in [3.8, 4) is 11.6 Å². The standard InChI is InChI=1S/C9H6F3N3O/c1-5-14-8(16-15-5)7-3-2-6(4-13-7)9(10,11)12/h2-4H,1H3. The van der Waals surface area contributed by atoms with Crippen LogP contribution in [-0.2, 0) is 6.18 Å². The second-order valence-electron chi connectivity index (χ2n) is 3.08. The van der Waals surface area contributed by atoms with Gasteiger partial charge in [-0.2, -0.15) is 18.2 Å². The number of rotatable bonds is 1. The molecule has 2 rings (SSSR count). The fourth-order valence-corrected chi connectivity index (χ4v) is 1.09. The molecule has 0 amide bonds. The maximum atomic E-state index is 12.2. The van der Waals surface area contributed by atoms with Gasteiger partial charge in [-0.15, -0.1) is 0 Å². The van der Waals surface area contributed by atoms with Gasteiger partial charge in [-0.1, -0.05) is 5.16 Å². The number of aryl methyl sites for hydroxylation is 1. The Morgan fingerprint density at radius 3 is 2.44 bits per heavy atom. The van der Waals surface area contributed by atoms with Gasteiger partial charge in [0.2, 0.25) is 0 Å². The van der Waals surface area contributed by atoms with Crippen LogP contribution in [-0.4, -0.2) is 15.1 Å². The van der Waals surface area contributed by atoms with Gasteiger partial charge in [0.05, 0.1) is 5.56 Å². The molecule has 0 aliphatic carbocycles. The van der Waals surface area contributed by atoms with Gasteiger partial charge in [-0.3, -0.25) is 4.98 Å². The van der Waals surface area contributed by atoms with E-state index in [0.29, 0.717) is 5.82 Å². The largest absolute Gasteiger partial charge is 0.417 e. The minimum absolute atomic E-state index is 0.103. The van der Waals surface area contributed by atoms with Crippen molar-refractivity contribution >= 4 is 0 Å². The van der Waals surface area contributed by atoms with Crippen molar-refractivity contribution in [1.82, 2.24) is 15.1 Å². The van der Waals surface area contributed by atoms with E-state index < -0.39 is 11.7 Å². The van der Waals surface area contributed by atoms with Crippen LogP contribution >= 0.6 is 0 Å². The van der Waals surface area contributed by atoms with Crippen LogP contribution < -0.4 is 0 Å². The lowest BCUT2D eigenvalue weighted by Gasteiger charge is -2.04. The molecule has 2 aromatic rings. The normalized spacial score (nSPS) is 11.8. The van der Waals surface area contributed by atoms with Crippen LogP contribution in [0, 0.1) is 6.92 Å². The van der Waals surface area contributed by atoms with Crippen LogP contribution in [0.5, 0.6) is 0 Å². The molecule has 0 unspecified atom stereocenters. The minimum Gasteiger partial charge on any atom is -0.332 e. The molecule has 4 nitrogen and oxygen atoms in total. The quantitative estimate of drug-likeness (QED) is 0.753. The van der Waals surface area contributed by atoms with Crippen molar-refractivity contribution in [3.05, 3.63) is 29.7 Å². The molecule has 0 aliphatic heterocycles. The summed E-state index contributed by atoms with van der Waals surface area (Å²) < 4.78 is 41.5. The minimum atomic E-state index is -4.39. The van der Waals surface area contributed by atoms with Gasteiger partial charge >= 0.3 is 6.18 Å². The fourth-order valence-electron chi connectivity index (χ4n) is 1.09. The van der Waals surface area contributed by atoms with Crippen molar-refractivity contribution in [2.45, 2.75) is 13.1 Å². The van der Waals surface area contributed by atoms with Crippen LogP contribution in [0.1, 0.15) is 11.4 Å². The lowest BCUT2D eigenvalue weighted by atomic mass is 10.2. The Kier molecular flexibility index (Phi) is 2.37. The van der Waals surface area contributed by atoms with E-state index in [1.807, 2.05) is 0 Å². The lowest BCUT2D eigenvalue weighted by molar-refractivity contribution is -0.137. The van der Waals surface area contributed by atoms with Crippen LogP contribution in [0.2, 0.25) is 0 Å². The SMILES string of the molecule is Cc1noc(-c2ccc(C(F)(F)F)cn2)n1. The highest BCUT2D eigenvalue weighted by molar-refractivity contribution is 5.46. The van der Waals surface area contributed by atoms with Crippen molar-refractivity contribution < 1.29 is 17.7 Å². The molecule has 0 aliphatic rings. The molecule has 0 saturated carbocycles. The summed E-state index contributed by atoms with van der Waals surface area (Å²) in [6.45, 7) is 1.61. The van der Waals surface area contributed by atoms with E-state index in [4.69, 9.17) is 4.52 Å². The summed E-state index contributed by atoms with van der Waals surface area (Å²) in [6, 6.07) is 2.11. The van der Waals surface area contributed by atoms with Gasteiger partial charge in [0.15, 0.2) is 5.82 Å². The van der Waals surface area contributed by atoms with Gasteiger partial charge in [0.25, 0.3) is 5.89 Å². The second kappa shape index (κ2) is 3.58. The summed E-state index contributed by atoms with van der Waals surface area (Å²) in [5.74, 6) is 0.503. The molecular weight excluding hydrogens is 223 g/mol. The first-order chi connectivity index (χ1) is 7.47. The maximum absolute atomic E-state index is 12.2. The third-order valence-corrected chi connectivity index (χ3v) is 1.84. The highest BCUT2D eigenvalue weighted by Gasteiger charge is 2.30. The fraction of sp³-hybridized carbons (Fsp3) is 0.222. The Morgan fingerprint density at radius 2 is 2.00 bits per heavy atom. The van der Waals surface area contributed by atoms with Gasteiger partial charge < -0.3 is 4.52 Å². The molecule has 2 aromatic heterocycles. The zero-order chi connectivity index (χ0) is 11.8. The van der Waals surface area contributed by atoms with Gasteiger partial charge in [0.1, 0.15) is 5.69 Å². The number of pyridine rings is 1. The van der Waals surface area contributed by atoms with Crippen molar-refractivity contribution in [2.75, 3.05) is 0 Å². The molecule has 2 heterocycles. The van der Waals surface area contributed by atoms with Gasteiger partial charge in [-0.05, 0) is 19.1 Å². The summed E-state index contributed by atoms with van der Waals surface area (Å²) in [4.78, 5) is 7.46. The Morgan fingerprint density at radius 1 is 1.25 bits per heavy atom. The van der Waals surface area contributed by atoms with E-state index in [1.54, 1.807) is 6.92 Å². The zero-order valence-corrected chi connectivity index (χ0v) is 8.12. The third kappa shape index (κ3) is 2.02. The topological polar surface area (TPSA) is 51.8 Å². The van der Waals surface area contributed by atoms with Gasteiger partial charge in [0, 0.05) is 6.20 Å². The molecule has 16 heavy (non-hydrogen) atoms. The van der Waals surface area contributed by atoms with E-state index in [1.165, 1.54) is 6.07 Å². The van der Waals surface area contributed by atoms with Crippen LogP contribution in [0.4, 0.5) is 13.2 Å². The molecule has 7 heteroatoms. The first-order valence-electron chi connectivity index (χ1n) is 4.31. The predicted molar refractivity (Wildman–Crippen MR) is 47.3 cm³/mol. The maximum Gasteiger partial charge on any atom is 0.417 e. The van der Waals surface area contributed by atoms with E-state index in [2.05, 4.69) is 15.1 Å². The molecule has 0 N–H and O–H groups in total. The average Bonchev–Trinajstić information content (AvgIpc) is 2.64. The summed E-state index contributed by atoms with van der Waals surface area (Å²) >= 11 is 0. The summed E-state index contributed by atoms with van der Waals surface area (Å²) in [5, 5.41) is 3.52. The van der Waals surface area contributed by atoms with Crippen LogP contribution in [0.15, 0.2) is 22.9 Å². The molecule has 0 aromatic carbocycles. The first-order valence-corrected chi connectivity index (χ1v) is 4.31. The Bertz CT molecular complexity index is 489. The first kappa shape index (κ1) is 10.6. The molecule has 0 radical (unpaired) electrons. The highest BCUT2D eigenvalue weighted by atomic mass is 19.4. The summed E-state index contributed by atoms with van der Waals surface area (Å²) in [6.07, 6.45) is -3.66. The number of aromatic nitrogens is 3. The van der Waals surface area contributed by atoms with E-state index >= 15 is 0 Å². The summed E-state index contributed by atoms with van der Waals surface area (Å²) in [5.41, 5.74) is -0.596. The molecule has 84 valence electrons. The Balaban J connectivity index is 2.33. The number of hydrogen-bond donors (Lipinski definition) is 0. The molecule has 0 spiro atoms. The summed E-state index contributed by atoms with van der Waals surface area (Å²) in [7, 11) is 0. The number of nitrogens with zero attached hydrogens (tertiary/aromatic N) is 3. The average molecular weight is 229 g/mol. The van der Waals surface area contributed by atoms with E-state index in [0.717, 1.165) is 12.3 Å². The molecular formula is C9H6F3N3O. The highest BCUT2D eigenvalue weighted by Crippen LogP contribution is 2.29. The second-order valence-corrected chi connectivity index (χ2v) is 3.08. The molecule has 0 atom stereocenters. The van der Waals surface area contributed by atoms with Crippen molar-refractivity contribution in [1.29, 1.82) is 0 Å². The Hall–Kier alpha value is -1.92. The zero-order valence-electron chi connectivity index (χ0n) is 8.12. The van der Waals surface area contributed by atoms with Crippen molar-refractivity contribution in [2.24, 2.45) is 0 Å². The smallest absolute Gasteiger partial charge is 0.332 e. The third-order valence-electron chi connectivity index (χ3n) is 1.84. The van der Waals surface area contributed by atoms with Crippen LogP contribution in [0.3, 0.4) is 0 Å². The predicted octanol–water partition coefficient (Wildman–Crippen LogP) is 2.46. The van der Waals surface area contributed by atoms with Gasteiger partial charge in [-0.25, -0.2) is 0 Å². The number of hydrogen-bond acceptors (Lipinski definition) is 4. The molecule has 0 saturated heterocycles. The number of halogens is 3. The lowest BCUT2D eigenvalue weighted by Crippen LogP contribution is -2.05. The van der Waals surface area contributed by atoms with Crippen LogP contribution in [0.25, 0.3) is 11.6 Å². The monoisotopic (exact) mass is 229 g/mol. The Labute approximate surface area is 88.1 Å². The van der Waals surface area contributed by atoms with E-state index in [-0.39, 0.29) is 11.6 Å².